The maximum absolute atomic E-state index is 12.0. The summed E-state index contributed by atoms with van der Waals surface area (Å²) in [4.78, 5) is 12.0. The predicted molar refractivity (Wildman–Crippen MR) is 76.9 cm³/mol. The van der Waals surface area contributed by atoms with Crippen molar-refractivity contribution in [2.24, 2.45) is 5.92 Å². The normalized spacial score (nSPS) is 12.6. The van der Waals surface area contributed by atoms with E-state index in [1.165, 1.54) is 0 Å². The number of benzene rings is 1. The largest absolute Gasteiger partial charge is 0.394 e. The van der Waals surface area contributed by atoms with Gasteiger partial charge in [0.25, 0.3) is 5.91 Å². The lowest BCUT2D eigenvalue weighted by atomic mass is 10.0. The van der Waals surface area contributed by atoms with Crippen LogP contribution >= 0.6 is 27.5 Å². The van der Waals surface area contributed by atoms with Crippen molar-refractivity contribution >= 4 is 33.4 Å². The molecule has 0 bridgehead atoms. The molecule has 1 unspecified atom stereocenters. The summed E-state index contributed by atoms with van der Waals surface area (Å²) < 4.78 is 0.682. The van der Waals surface area contributed by atoms with Gasteiger partial charge >= 0.3 is 0 Å². The van der Waals surface area contributed by atoms with Gasteiger partial charge in [-0.15, -0.1) is 0 Å². The summed E-state index contributed by atoms with van der Waals surface area (Å²) in [5, 5.41) is 12.4. The van der Waals surface area contributed by atoms with Crippen LogP contribution in [0.4, 0.5) is 0 Å². The van der Waals surface area contributed by atoms with E-state index in [-0.39, 0.29) is 18.6 Å². The van der Waals surface area contributed by atoms with Crippen molar-refractivity contribution in [3.8, 4) is 0 Å². The number of aliphatic hydroxyl groups is 1. The number of nitrogens with one attached hydrogen (secondary N) is 1. The third kappa shape index (κ3) is 4.26. The van der Waals surface area contributed by atoms with E-state index in [1.807, 2.05) is 13.8 Å². The highest BCUT2D eigenvalue weighted by atomic mass is 79.9. The Hall–Kier alpha value is -0.580. The zero-order valence-corrected chi connectivity index (χ0v) is 12.8. The van der Waals surface area contributed by atoms with Gasteiger partial charge in [-0.05, 0) is 40.4 Å². The first-order chi connectivity index (χ1) is 8.45. The third-order valence-electron chi connectivity index (χ3n) is 2.51. The summed E-state index contributed by atoms with van der Waals surface area (Å²) in [6.07, 6.45) is 0.730. The summed E-state index contributed by atoms with van der Waals surface area (Å²) in [7, 11) is 0. The Bertz CT molecular complexity index is 423. The molecule has 0 heterocycles. The topological polar surface area (TPSA) is 49.3 Å². The third-order valence-corrected chi connectivity index (χ3v) is 3.80. The van der Waals surface area contributed by atoms with Gasteiger partial charge in [-0.2, -0.15) is 0 Å². The zero-order chi connectivity index (χ0) is 13.7. The number of halogens is 2. The molecule has 0 saturated carbocycles. The highest BCUT2D eigenvalue weighted by molar-refractivity contribution is 9.10. The second-order valence-electron chi connectivity index (χ2n) is 4.58. The van der Waals surface area contributed by atoms with Crippen molar-refractivity contribution in [1.29, 1.82) is 0 Å². The lowest BCUT2D eigenvalue weighted by Gasteiger charge is -2.18. The van der Waals surface area contributed by atoms with Gasteiger partial charge in [0.15, 0.2) is 0 Å². The molecular weight excluding hydrogens is 318 g/mol. The summed E-state index contributed by atoms with van der Waals surface area (Å²) in [5.41, 5.74) is 0.410. The van der Waals surface area contributed by atoms with Crippen LogP contribution < -0.4 is 5.32 Å². The average Bonchev–Trinajstić information content (AvgIpc) is 2.31. The Morgan fingerprint density at radius 2 is 2.17 bits per heavy atom. The van der Waals surface area contributed by atoms with E-state index in [1.54, 1.807) is 18.2 Å². The molecule has 18 heavy (non-hydrogen) atoms. The summed E-state index contributed by atoms with van der Waals surface area (Å²) in [6, 6.07) is 4.94. The van der Waals surface area contributed by atoms with Gasteiger partial charge in [0.2, 0.25) is 0 Å². The SMILES string of the molecule is CC(C)CC(CO)NC(=O)c1cccc(Br)c1Cl. The van der Waals surface area contributed by atoms with Crippen molar-refractivity contribution < 1.29 is 9.90 Å². The van der Waals surface area contributed by atoms with Crippen molar-refractivity contribution in [1.82, 2.24) is 5.32 Å². The fraction of sp³-hybridized carbons (Fsp3) is 0.462. The molecule has 0 radical (unpaired) electrons. The molecule has 0 aliphatic carbocycles. The first-order valence-electron chi connectivity index (χ1n) is 5.81. The summed E-state index contributed by atoms with van der Waals surface area (Å²) in [6.45, 7) is 4.01. The summed E-state index contributed by atoms with van der Waals surface area (Å²) in [5.74, 6) is 0.140. The van der Waals surface area contributed by atoms with Gasteiger partial charge in [0.1, 0.15) is 0 Å². The van der Waals surface area contributed by atoms with Crippen molar-refractivity contribution in [3.63, 3.8) is 0 Å². The molecule has 0 aliphatic heterocycles. The molecule has 3 nitrogen and oxygen atoms in total. The molecule has 0 saturated heterocycles. The Balaban J connectivity index is 2.78. The summed E-state index contributed by atoms with van der Waals surface area (Å²) >= 11 is 9.33. The van der Waals surface area contributed by atoms with Gasteiger partial charge in [0.05, 0.1) is 23.2 Å². The zero-order valence-electron chi connectivity index (χ0n) is 10.4. The van der Waals surface area contributed by atoms with E-state index in [4.69, 9.17) is 11.6 Å². The first-order valence-corrected chi connectivity index (χ1v) is 6.98. The van der Waals surface area contributed by atoms with Gasteiger partial charge < -0.3 is 10.4 Å². The molecule has 1 aromatic carbocycles. The van der Waals surface area contributed by atoms with Crippen LogP contribution in [0.1, 0.15) is 30.6 Å². The number of rotatable bonds is 5. The maximum atomic E-state index is 12.0. The molecule has 100 valence electrons. The Morgan fingerprint density at radius 3 is 2.72 bits per heavy atom. The van der Waals surface area contributed by atoms with E-state index >= 15 is 0 Å². The smallest absolute Gasteiger partial charge is 0.253 e. The molecular formula is C13H17BrClNO2. The predicted octanol–water partition coefficient (Wildman–Crippen LogP) is 3.24. The van der Waals surface area contributed by atoms with Crippen LogP contribution in [0.5, 0.6) is 0 Å². The standard InChI is InChI=1S/C13H17BrClNO2/c1-8(2)6-9(7-17)16-13(18)10-4-3-5-11(14)12(10)15/h3-5,8-9,17H,6-7H2,1-2H3,(H,16,18). The van der Waals surface area contributed by atoms with Crippen LogP contribution in [0.25, 0.3) is 0 Å². The minimum absolute atomic E-state index is 0.0739. The van der Waals surface area contributed by atoms with Crippen molar-refractivity contribution in [2.75, 3.05) is 6.61 Å². The molecule has 2 N–H and O–H groups in total. The van der Waals surface area contributed by atoms with Crippen LogP contribution in [0.3, 0.4) is 0 Å². The Kier molecular flexibility index (Phi) is 6.12. The quantitative estimate of drug-likeness (QED) is 0.868. The van der Waals surface area contributed by atoms with E-state index in [0.717, 1.165) is 6.42 Å². The van der Waals surface area contributed by atoms with Crippen LogP contribution in [-0.4, -0.2) is 23.7 Å². The molecule has 0 aliphatic rings. The van der Waals surface area contributed by atoms with Gasteiger partial charge in [-0.1, -0.05) is 31.5 Å². The lowest BCUT2D eigenvalue weighted by molar-refractivity contribution is 0.0908. The minimum atomic E-state index is -0.263. The number of carbonyl (C=O) groups excluding carboxylic acids is 1. The molecule has 5 heteroatoms. The van der Waals surface area contributed by atoms with Gasteiger partial charge in [-0.25, -0.2) is 0 Å². The average molecular weight is 335 g/mol. The second-order valence-corrected chi connectivity index (χ2v) is 5.82. The van der Waals surface area contributed by atoms with Crippen LogP contribution in [0.2, 0.25) is 5.02 Å². The van der Waals surface area contributed by atoms with Crippen molar-refractivity contribution in [3.05, 3.63) is 33.3 Å². The van der Waals surface area contributed by atoms with Gasteiger partial charge in [0, 0.05) is 4.47 Å². The Morgan fingerprint density at radius 1 is 1.50 bits per heavy atom. The number of hydrogen-bond acceptors (Lipinski definition) is 2. The fourth-order valence-corrected chi connectivity index (χ4v) is 2.27. The van der Waals surface area contributed by atoms with Crippen LogP contribution in [0.15, 0.2) is 22.7 Å². The molecule has 0 fully saturated rings. The molecule has 0 spiro atoms. The van der Waals surface area contributed by atoms with Gasteiger partial charge in [-0.3, -0.25) is 4.79 Å². The number of carbonyl (C=O) groups is 1. The van der Waals surface area contributed by atoms with E-state index in [9.17, 15) is 9.90 Å². The van der Waals surface area contributed by atoms with Crippen LogP contribution in [0, 0.1) is 5.92 Å². The number of hydrogen-bond donors (Lipinski definition) is 2. The number of aliphatic hydroxyl groups excluding tert-OH is 1. The molecule has 1 aromatic rings. The molecule has 1 amide bonds. The van der Waals surface area contributed by atoms with Crippen molar-refractivity contribution in [2.45, 2.75) is 26.3 Å². The maximum Gasteiger partial charge on any atom is 0.253 e. The highest BCUT2D eigenvalue weighted by Crippen LogP contribution is 2.26. The molecule has 1 rings (SSSR count). The molecule has 1 atom stereocenters. The Labute approximate surface area is 121 Å². The van der Waals surface area contributed by atoms with E-state index in [2.05, 4.69) is 21.2 Å². The fourth-order valence-electron chi connectivity index (χ4n) is 1.69. The monoisotopic (exact) mass is 333 g/mol. The minimum Gasteiger partial charge on any atom is -0.394 e. The van der Waals surface area contributed by atoms with E-state index < -0.39 is 0 Å². The highest BCUT2D eigenvalue weighted by Gasteiger charge is 2.17. The van der Waals surface area contributed by atoms with E-state index in [0.29, 0.717) is 21.0 Å². The molecule has 0 aromatic heterocycles. The first kappa shape index (κ1) is 15.5. The lowest BCUT2D eigenvalue weighted by Crippen LogP contribution is -2.38. The van der Waals surface area contributed by atoms with Crippen LogP contribution in [-0.2, 0) is 0 Å². The number of amides is 1. The second kappa shape index (κ2) is 7.12.